The highest BCUT2D eigenvalue weighted by Crippen LogP contribution is 2.19. The van der Waals surface area contributed by atoms with Crippen LogP contribution in [0.2, 0.25) is 0 Å². The summed E-state index contributed by atoms with van der Waals surface area (Å²) in [5.74, 6) is 1.13. The SMILES string of the molecule is Cc1oncc1-c1nc(N)nc(N)n1. The molecular weight excluding hydrogens is 184 g/mol. The van der Waals surface area contributed by atoms with E-state index in [0.29, 0.717) is 17.1 Å². The lowest BCUT2D eigenvalue weighted by molar-refractivity contribution is 0.398. The number of anilines is 2. The first-order valence-corrected chi connectivity index (χ1v) is 3.85. The standard InChI is InChI=1S/C7H8N6O/c1-3-4(2-10-14-3)5-11-6(8)13-7(9)12-5/h2H,1H3,(H4,8,9,11,12,13). The maximum absolute atomic E-state index is 5.42. The molecule has 0 saturated carbocycles. The second kappa shape index (κ2) is 2.95. The van der Waals surface area contributed by atoms with E-state index in [-0.39, 0.29) is 11.9 Å². The van der Waals surface area contributed by atoms with Crippen LogP contribution in [0.1, 0.15) is 5.76 Å². The molecule has 0 aromatic carbocycles. The predicted octanol–water partition coefficient (Wildman–Crippen LogP) is -0.000580. The zero-order valence-corrected chi connectivity index (χ0v) is 7.43. The van der Waals surface area contributed by atoms with Crippen molar-refractivity contribution in [3.8, 4) is 11.4 Å². The van der Waals surface area contributed by atoms with Crippen molar-refractivity contribution in [2.24, 2.45) is 0 Å². The Hall–Kier alpha value is -2.18. The van der Waals surface area contributed by atoms with Gasteiger partial charge in [0.25, 0.3) is 0 Å². The number of hydrogen-bond donors (Lipinski definition) is 2. The van der Waals surface area contributed by atoms with E-state index in [1.54, 1.807) is 6.92 Å². The Morgan fingerprint density at radius 2 is 1.79 bits per heavy atom. The summed E-state index contributed by atoms with van der Waals surface area (Å²) in [6, 6.07) is 0. The van der Waals surface area contributed by atoms with Crippen molar-refractivity contribution < 1.29 is 4.52 Å². The number of nitrogens with zero attached hydrogens (tertiary/aromatic N) is 4. The minimum atomic E-state index is 0.0769. The van der Waals surface area contributed by atoms with E-state index in [2.05, 4.69) is 20.1 Å². The summed E-state index contributed by atoms with van der Waals surface area (Å²) in [6.45, 7) is 1.75. The van der Waals surface area contributed by atoms with Gasteiger partial charge in [-0.25, -0.2) is 0 Å². The molecule has 14 heavy (non-hydrogen) atoms. The fraction of sp³-hybridized carbons (Fsp3) is 0.143. The van der Waals surface area contributed by atoms with Crippen molar-refractivity contribution in [1.82, 2.24) is 20.1 Å². The first-order chi connectivity index (χ1) is 6.66. The second-order valence-electron chi connectivity index (χ2n) is 2.67. The highest BCUT2D eigenvalue weighted by molar-refractivity contribution is 5.57. The Balaban J connectivity index is 2.57. The number of nitrogens with two attached hydrogens (primary N) is 2. The third kappa shape index (κ3) is 1.35. The maximum Gasteiger partial charge on any atom is 0.225 e. The van der Waals surface area contributed by atoms with Crippen molar-refractivity contribution in [2.75, 3.05) is 11.5 Å². The van der Waals surface area contributed by atoms with Crippen LogP contribution in [0.25, 0.3) is 11.4 Å². The summed E-state index contributed by atoms with van der Waals surface area (Å²) in [5, 5.41) is 3.60. The number of nitrogen functional groups attached to an aromatic ring is 2. The van der Waals surface area contributed by atoms with Crippen molar-refractivity contribution in [1.29, 1.82) is 0 Å². The summed E-state index contributed by atoms with van der Waals surface area (Å²) >= 11 is 0. The molecule has 0 atom stereocenters. The van der Waals surface area contributed by atoms with E-state index in [4.69, 9.17) is 16.0 Å². The van der Waals surface area contributed by atoms with Crippen LogP contribution in [0.3, 0.4) is 0 Å². The molecule has 0 aliphatic heterocycles. The summed E-state index contributed by atoms with van der Waals surface area (Å²) in [6.07, 6.45) is 1.50. The van der Waals surface area contributed by atoms with Crippen LogP contribution in [0, 0.1) is 6.92 Å². The average molecular weight is 192 g/mol. The van der Waals surface area contributed by atoms with Crippen LogP contribution in [0.4, 0.5) is 11.9 Å². The quantitative estimate of drug-likeness (QED) is 0.652. The van der Waals surface area contributed by atoms with Gasteiger partial charge in [-0.3, -0.25) is 0 Å². The summed E-state index contributed by atoms with van der Waals surface area (Å²) in [4.78, 5) is 11.5. The molecule has 7 heteroatoms. The smallest absolute Gasteiger partial charge is 0.225 e. The molecule has 0 aliphatic rings. The van der Waals surface area contributed by atoms with E-state index in [1.165, 1.54) is 6.20 Å². The normalized spacial score (nSPS) is 10.4. The molecule has 0 amide bonds. The van der Waals surface area contributed by atoms with Crippen molar-refractivity contribution in [3.63, 3.8) is 0 Å². The van der Waals surface area contributed by atoms with Gasteiger partial charge in [-0.2, -0.15) is 15.0 Å². The Bertz CT molecular complexity index is 445. The Morgan fingerprint density at radius 1 is 1.14 bits per heavy atom. The van der Waals surface area contributed by atoms with Gasteiger partial charge in [0.1, 0.15) is 5.76 Å². The maximum atomic E-state index is 5.42. The van der Waals surface area contributed by atoms with Crippen LogP contribution < -0.4 is 11.5 Å². The van der Waals surface area contributed by atoms with Crippen LogP contribution in [0.5, 0.6) is 0 Å². The van der Waals surface area contributed by atoms with Gasteiger partial charge in [0, 0.05) is 0 Å². The number of aryl methyl sites for hydroxylation is 1. The summed E-state index contributed by atoms with van der Waals surface area (Å²) in [7, 11) is 0. The fourth-order valence-corrected chi connectivity index (χ4v) is 1.04. The Kier molecular flexibility index (Phi) is 1.77. The molecule has 0 spiro atoms. The topological polar surface area (TPSA) is 117 Å². The molecule has 0 fully saturated rings. The van der Waals surface area contributed by atoms with Gasteiger partial charge in [-0.15, -0.1) is 0 Å². The molecule has 4 N–H and O–H groups in total. The molecule has 0 bridgehead atoms. The molecule has 2 aromatic heterocycles. The highest BCUT2D eigenvalue weighted by atomic mass is 16.5. The largest absolute Gasteiger partial charge is 0.368 e. The van der Waals surface area contributed by atoms with Crippen LogP contribution >= 0.6 is 0 Å². The molecule has 0 saturated heterocycles. The van der Waals surface area contributed by atoms with Crippen molar-refractivity contribution in [3.05, 3.63) is 12.0 Å². The third-order valence-corrected chi connectivity index (χ3v) is 1.66. The van der Waals surface area contributed by atoms with E-state index >= 15 is 0 Å². The molecule has 2 aromatic rings. The summed E-state index contributed by atoms with van der Waals surface area (Å²) < 4.78 is 4.87. The zero-order chi connectivity index (χ0) is 10.1. The zero-order valence-electron chi connectivity index (χ0n) is 7.43. The Morgan fingerprint density at radius 3 is 2.29 bits per heavy atom. The predicted molar refractivity (Wildman–Crippen MR) is 48.9 cm³/mol. The minimum Gasteiger partial charge on any atom is -0.368 e. The third-order valence-electron chi connectivity index (χ3n) is 1.66. The van der Waals surface area contributed by atoms with Crippen LogP contribution in [0.15, 0.2) is 10.7 Å². The van der Waals surface area contributed by atoms with Gasteiger partial charge in [-0.05, 0) is 6.92 Å². The fourth-order valence-electron chi connectivity index (χ4n) is 1.04. The van der Waals surface area contributed by atoms with Gasteiger partial charge < -0.3 is 16.0 Å². The lowest BCUT2D eigenvalue weighted by Crippen LogP contribution is -2.04. The molecule has 0 radical (unpaired) electrons. The van der Waals surface area contributed by atoms with E-state index in [9.17, 15) is 0 Å². The first-order valence-electron chi connectivity index (χ1n) is 3.85. The number of hydrogen-bond acceptors (Lipinski definition) is 7. The van der Waals surface area contributed by atoms with Gasteiger partial charge >= 0.3 is 0 Å². The van der Waals surface area contributed by atoms with E-state index in [0.717, 1.165) is 0 Å². The Labute approximate surface area is 79.2 Å². The molecule has 2 heterocycles. The molecule has 7 nitrogen and oxygen atoms in total. The lowest BCUT2D eigenvalue weighted by Gasteiger charge is -1.98. The van der Waals surface area contributed by atoms with Gasteiger partial charge in [0.2, 0.25) is 11.9 Å². The van der Waals surface area contributed by atoms with Gasteiger partial charge in [-0.1, -0.05) is 5.16 Å². The summed E-state index contributed by atoms with van der Waals surface area (Å²) in [5.41, 5.74) is 11.5. The van der Waals surface area contributed by atoms with E-state index in [1.807, 2.05) is 0 Å². The minimum absolute atomic E-state index is 0.0769. The van der Waals surface area contributed by atoms with Crippen molar-refractivity contribution >= 4 is 11.9 Å². The van der Waals surface area contributed by atoms with Crippen LogP contribution in [-0.2, 0) is 0 Å². The monoisotopic (exact) mass is 192 g/mol. The van der Waals surface area contributed by atoms with Gasteiger partial charge in [0.05, 0.1) is 11.8 Å². The number of rotatable bonds is 1. The first kappa shape index (κ1) is 8.42. The molecule has 0 unspecified atom stereocenters. The molecule has 2 rings (SSSR count). The number of aromatic nitrogens is 4. The highest BCUT2D eigenvalue weighted by Gasteiger charge is 2.10. The van der Waals surface area contributed by atoms with E-state index < -0.39 is 0 Å². The second-order valence-corrected chi connectivity index (χ2v) is 2.67. The molecular formula is C7H8N6O. The molecule has 0 aliphatic carbocycles. The average Bonchev–Trinajstić information content (AvgIpc) is 2.49. The van der Waals surface area contributed by atoms with Gasteiger partial charge in [0.15, 0.2) is 5.82 Å². The molecule has 72 valence electrons. The van der Waals surface area contributed by atoms with Crippen molar-refractivity contribution in [2.45, 2.75) is 6.92 Å². The van der Waals surface area contributed by atoms with Crippen LogP contribution in [-0.4, -0.2) is 20.1 Å². The lowest BCUT2D eigenvalue weighted by atomic mass is 10.2.